The van der Waals surface area contributed by atoms with E-state index >= 15 is 0 Å². The smallest absolute Gasteiger partial charge is 0.0470 e. The minimum absolute atomic E-state index is 0.663. The maximum atomic E-state index is 5.04. The highest BCUT2D eigenvalue weighted by Gasteiger charge is 2.32. The first-order chi connectivity index (χ1) is 8.09. The summed E-state index contributed by atoms with van der Waals surface area (Å²) < 4.78 is 0. The van der Waals surface area contributed by atoms with E-state index in [1.54, 1.807) is 16.7 Å². The van der Waals surface area contributed by atoms with Gasteiger partial charge >= 0.3 is 0 Å². The maximum absolute atomic E-state index is 5.04. The van der Waals surface area contributed by atoms with Gasteiger partial charge in [-0.2, -0.15) is 0 Å². The van der Waals surface area contributed by atoms with Crippen molar-refractivity contribution in [2.45, 2.75) is 71.1 Å². The maximum Gasteiger partial charge on any atom is 0.0470 e. The van der Waals surface area contributed by atoms with Gasteiger partial charge in [0.25, 0.3) is 0 Å². The van der Waals surface area contributed by atoms with E-state index in [2.05, 4.69) is 27.7 Å². The number of hydrogen-bond acceptors (Lipinski definition) is 1. The Kier molecular flexibility index (Phi) is 2.53. The number of pyridine rings is 1. The third kappa shape index (κ3) is 1.55. The molecule has 0 fully saturated rings. The van der Waals surface area contributed by atoms with E-state index in [-0.39, 0.29) is 0 Å². The number of aromatic nitrogens is 1. The van der Waals surface area contributed by atoms with Gasteiger partial charge in [-0.1, -0.05) is 27.7 Å². The molecular weight excluding hydrogens is 206 g/mol. The molecule has 0 N–H and O–H groups in total. The van der Waals surface area contributed by atoms with Crippen molar-refractivity contribution < 1.29 is 0 Å². The van der Waals surface area contributed by atoms with E-state index in [1.807, 2.05) is 0 Å². The molecule has 0 bridgehead atoms. The van der Waals surface area contributed by atoms with Gasteiger partial charge in [-0.3, -0.25) is 4.98 Å². The molecule has 2 aliphatic rings. The highest BCUT2D eigenvalue weighted by molar-refractivity contribution is 5.48. The average Bonchev–Trinajstić information content (AvgIpc) is 2.82. The molecule has 3 rings (SSSR count). The predicted octanol–water partition coefficient (Wildman–Crippen LogP) is 4.30. The van der Waals surface area contributed by atoms with Gasteiger partial charge in [0.2, 0.25) is 0 Å². The molecule has 92 valence electrons. The predicted molar refractivity (Wildman–Crippen MR) is 71.8 cm³/mol. The van der Waals surface area contributed by atoms with Gasteiger partial charge in [-0.25, -0.2) is 0 Å². The Morgan fingerprint density at radius 3 is 1.82 bits per heavy atom. The Balaban J connectivity index is 2.26. The van der Waals surface area contributed by atoms with Crippen LogP contribution < -0.4 is 0 Å². The van der Waals surface area contributed by atoms with Crippen molar-refractivity contribution in [3.8, 4) is 0 Å². The van der Waals surface area contributed by atoms with Crippen molar-refractivity contribution in [3.05, 3.63) is 28.1 Å². The molecule has 1 nitrogen and oxygen atoms in total. The van der Waals surface area contributed by atoms with Crippen molar-refractivity contribution in [1.29, 1.82) is 0 Å². The third-order valence-corrected chi connectivity index (χ3v) is 4.68. The fourth-order valence-corrected chi connectivity index (χ4v) is 3.76. The average molecular weight is 229 g/mol. The van der Waals surface area contributed by atoms with Crippen LogP contribution in [0.4, 0.5) is 0 Å². The van der Waals surface area contributed by atoms with Gasteiger partial charge in [0, 0.05) is 11.4 Å². The highest BCUT2D eigenvalue weighted by atomic mass is 14.8. The summed E-state index contributed by atoms with van der Waals surface area (Å²) in [6.07, 6.45) is 5.13. The molecule has 17 heavy (non-hydrogen) atoms. The van der Waals surface area contributed by atoms with Gasteiger partial charge in [0.1, 0.15) is 0 Å². The zero-order chi connectivity index (χ0) is 12.2. The first-order valence-corrected chi connectivity index (χ1v) is 7.15. The second kappa shape index (κ2) is 3.83. The monoisotopic (exact) mass is 229 g/mol. The minimum Gasteiger partial charge on any atom is -0.257 e. The summed E-state index contributed by atoms with van der Waals surface area (Å²) in [5.74, 6) is 2.03. The Labute approximate surface area is 105 Å². The van der Waals surface area contributed by atoms with Crippen LogP contribution in [0.25, 0.3) is 0 Å². The van der Waals surface area contributed by atoms with Crippen LogP contribution in [-0.2, 0) is 12.8 Å². The van der Waals surface area contributed by atoms with Gasteiger partial charge in [-0.15, -0.1) is 0 Å². The largest absolute Gasteiger partial charge is 0.257 e. The number of hydrogen-bond donors (Lipinski definition) is 0. The summed E-state index contributed by atoms with van der Waals surface area (Å²) in [5.41, 5.74) is 7.75. The van der Waals surface area contributed by atoms with Gasteiger partial charge in [0.15, 0.2) is 0 Å². The third-order valence-electron chi connectivity index (χ3n) is 4.68. The molecule has 1 heteroatoms. The van der Waals surface area contributed by atoms with Crippen molar-refractivity contribution >= 4 is 0 Å². The zero-order valence-corrected chi connectivity index (χ0v) is 11.5. The second-order valence-corrected chi connectivity index (χ2v) is 6.29. The molecule has 0 spiro atoms. The Bertz CT molecular complexity index is 423. The summed E-state index contributed by atoms with van der Waals surface area (Å²) in [7, 11) is 0. The zero-order valence-electron chi connectivity index (χ0n) is 11.5. The first-order valence-electron chi connectivity index (χ1n) is 7.15. The minimum atomic E-state index is 0.663. The topological polar surface area (TPSA) is 12.9 Å². The summed E-state index contributed by atoms with van der Waals surface area (Å²) >= 11 is 0. The van der Waals surface area contributed by atoms with Crippen molar-refractivity contribution in [2.75, 3.05) is 0 Å². The summed E-state index contributed by atoms with van der Waals surface area (Å²) in [5, 5.41) is 0. The Hall–Kier alpha value is -0.850. The highest BCUT2D eigenvalue weighted by Crippen LogP contribution is 2.43. The molecule has 1 heterocycles. The van der Waals surface area contributed by atoms with Crippen LogP contribution >= 0.6 is 0 Å². The normalized spacial score (nSPS) is 26.4. The fourth-order valence-electron chi connectivity index (χ4n) is 3.76. The number of rotatable bonds is 1. The van der Waals surface area contributed by atoms with E-state index < -0.39 is 0 Å². The van der Waals surface area contributed by atoms with E-state index in [0.717, 1.165) is 0 Å². The van der Waals surface area contributed by atoms with Crippen molar-refractivity contribution in [2.24, 2.45) is 0 Å². The molecule has 0 unspecified atom stereocenters. The fraction of sp³-hybridized carbons (Fsp3) is 0.688. The summed E-state index contributed by atoms with van der Waals surface area (Å²) in [4.78, 5) is 5.04. The lowest BCUT2D eigenvalue weighted by Crippen LogP contribution is -2.07. The van der Waals surface area contributed by atoms with Crippen LogP contribution in [0.3, 0.4) is 0 Å². The molecule has 0 saturated heterocycles. The molecule has 0 aromatic carbocycles. The lowest BCUT2D eigenvalue weighted by atomic mass is 9.90. The van der Waals surface area contributed by atoms with E-state index in [0.29, 0.717) is 17.8 Å². The van der Waals surface area contributed by atoms with Crippen LogP contribution in [0.15, 0.2) is 0 Å². The summed E-state index contributed by atoms with van der Waals surface area (Å²) in [6, 6.07) is 0. The van der Waals surface area contributed by atoms with Gasteiger partial charge in [-0.05, 0) is 60.1 Å². The summed E-state index contributed by atoms with van der Waals surface area (Å²) in [6.45, 7) is 9.38. The van der Waals surface area contributed by atoms with Crippen molar-refractivity contribution in [1.82, 2.24) is 4.98 Å². The van der Waals surface area contributed by atoms with Crippen LogP contribution in [0.1, 0.15) is 86.4 Å². The number of fused-ring (bicyclic) bond motifs is 2. The van der Waals surface area contributed by atoms with Crippen LogP contribution in [-0.4, -0.2) is 4.98 Å². The molecule has 0 amide bonds. The first kappa shape index (κ1) is 11.3. The standard InChI is InChI=1S/C16H23N/c1-9(2)14-12-7-5-10(3)15(12)17-16-11(4)6-8-13(14)16/h9-11H,5-8H2,1-4H3/t10-,11+. The Morgan fingerprint density at radius 2 is 1.41 bits per heavy atom. The van der Waals surface area contributed by atoms with Crippen LogP contribution in [0, 0.1) is 0 Å². The molecule has 0 radical (unpaired) electrons. The molecule has 2 aliphatic carbocycles. The lowest BCUT2D eigenvalue weighted by molar-refractivity contribution is 0.702. The number of nitrogens with zero attached hydrogens (tertiary/aromatic N) is 1. The van der Waals surface area contributed by atoms with Crippen LogP contribution in [0.5, 0.6) is 0 Å². The van der Waals surface area contributed by atoms with Gasteiger partial charge < -0.3 is 0 Å². The van der Waals surface area contributed by atoms with E-state index in [1.165, 1.54) is 37.1 Å². The quantitative estimate of drug-likeness (QED) is 0.699. The lowest BCUT2D eigenvalue weighted by Gasteiger charge is -2.18. The molecule has 1 aromatic rings. The molecule has 1 aromatic heterocycles. The SMILES string of the molecule is CC(C)c1c2c(nc3c1CC[C@@H]3C)[C@H](C)CC2. The molecule has 0 saturated carbocycles. The van der Waals surface area contributed by atoms with Gasteiger partial charge in [0.05, 0.1) is 0 Å². The second-order valence-electron chi connectivity index (χ2n) is 6.29. The van der Waals surface area contributed by atoms with E-state index in [9.17, 15) is 0 Å². The molecule has 2 atom stereocenters. The Morgan fingerprint density at radius 1 is 0.941 bits per heavy atom. The molecular formula is C16H23N. The van der Waals surface area contributed by atoms with Crippen molar-refractivity contribution in [3.63, 3.8) is 0 Å². The molecule has 0 aliphatic heterocycles. The van der Waals surface area contributed by atoms with E-state index in [4.69, 9.17) is 4.98 Å². The van der Waals surface area contributed by atoms with Crippen LogP contribution in [0.2, 0.25) is 0 Å².